The molecule has 104 valence electrons. The van der Waals surface area contributed by atoms with E-state index in [-0.39, 0.29) is 13.0 Å². The second kappa shape index (κ2) is 7.20. The smallest absolute Gasteiger partial charge is 0.326 e. The van der Waals surface area contributed by atoms with Gasteiger partial charge in [0.15, 0.2) is 0 Å². The van der Waals surface area contributed by atoms with Crippen molar-refractivity contribution in [3.8, 4) is 0 Å². The van der Waals surface area contributed by atoms with Gasteiger partial charge in [0.25, 0.3) is 0 Å². The number of hydrogen-bond donors (Lipinski definition) is 3. The van der Waals surface area contributed by atoms with Gasteiger partial charge in [-0.05, 0) is 6.42 Å². The summed E-state index contributed by atoms with van der Waals surface area (Å²) in [5.41, 5.74) is 0. The zero-order chi connectivity index (χ0) is 13.5. The van der Waals surface area contributed by atoms with E-state index in [2.05, 4.69) is 12.2 Å². The van der Waals surface area contributed by atoms with Gasteiger partial charge in [-0.15, -0.1) is 0 Å². The molecular formula is C12H22N2O4. The van der Waals surface area contributed by atoms with Crippen LogP contribution in [0, 0.1) is 0 Å². The SMILES string of the molecule is CCCCCCNC(=O)N1C[C@H](O)C[C@@H]1C(=O)O. The third kappa shape index (κ3) is 4.18. The summed E-state index contributed by atoms with van der Waals surface area (Å²) < 4.78 is 0. The molecule has 1 fully saturated rings. The summed E-state index contributed by atoms with van der Waals surface area (Å²) in [7, 11) is 0. The van der Waals surface area contributed by atoms with E-state index in [1.165, 1.54) is 4.90 Å². The van der Waals surface area contributed by atoms with Crippen molar-refractivity contribution in [2.24, 2.45) is 0 Å². The van der Waals surface area contributed by atoms with E-state index in [1.54, 1.807) is 0 Å². The first-order valence-corrected chi connectivity index (χ1v) is 6.51. The van der Waals surface area contributed by atoms with Gasteiger partial charge >= 0.3 is 12.0 Å². The number of aliphatic hydroxyl groups is 1. The second-order valence-corrected chi connectivity index (χ2v) is 4.69. The minimum Gasteiger partial charge on any atom is -0.480 e. The predicted molar refractivity (Wildman–Crippen MR) is 66.3 cm³/mol. The van der Waals surface area contributed by atoms with Crippen LogP contribution in [0.15, 0.2) is 0 Å². The second-order valence-electron chi connectivity index (χ2n) is 4.69. The molecule has 0 spiro atoms. The van der Waals surface area contributed by atoms with Gasteiger partial charge in [-0.1, -0.05) is 26.2 Å². The maximum atomic E-state index is 11.8. The van der Waals surface area contributed by atoms with Crippen LogP contribution in [0.25, 0.3) is 0 Å². The average Bonchev–Trinajstić information content (AvgIpc) is 2.71. The van der Waals surface area contributed by atoms with Gasteiger partial charge in [-0.3, -0.25) is 0 Å². The number of urea groups is 1. The maximum Gasteiger partial charge on any atom is 0.326 e. The standard InChI is InChI=1S/C12H22N2O4/c1-2-3-4-5-6-13-12(18)14-8-9(15)7-10(14)11(16)17/h9-10,15H,2-8H2,1H3,(H,13,18)(H,16,17)/t9-,10-/m1/s1. The zero-order valence-corrected chi connectivity index (χ0v) is 10.8. The van der Waals surface area contributed by atoms with Gasteiger partial charge in [-0.2, -0.15) is 0 Å². The lowest BCUT2D eigenvalue weighted by molar-refractivity contribution is -0.141. The highest BCUT2D eigenvalue weighted by Crippen LogP contribution is 2.18. The largest absolute Gasteiger partial charge is 0.480 e. The zero-order valence-electron chi connectivity index (χ0n) is 10.8. The minimum absolute atomic E-state index is 0.0950. The molecule has 1 saturated heterocycles. The van der Waals surface area contributed by atoms with Crippen molar-refractivity contribution in [2.45, 2.75) is 51.2 Å². The Hall–Kier alpha value is -1.30. The third-order valence-corrected chi connectivity index (χ3v) is 3.13. The molecule has 0 aromatic heterocycles. The molecule has 2 amide bonds. The fourth-order valence-corrected chi connectivity index (χ4v) is 2.12. The fraction of sp³-hybridized carbons (Fsp3) is 0.833. The van der Waals surface area contributed by atoms with Crippen LogP contribution in [-0.2, 0) is 4.79 Å². The van der Waals surface area contributed by atoms with Crippen LogP contribution >= 0.6 is 0 Å². The Labute approximate surface area is 107 Å². The molecule has 1 heterocycles. The molecule has 0 radical (unpaired) electrons. The molecule has 2 atom stereocenters. The molecule has 18 heavy (non-hydrogen) atoms. The van der Waals surface area contributed by atoms with Crippen LogP contribution in [0.1, 0.15) is 39.0 Å². The lowest BCUT2D eigenvalue weighted by atomic mass is 10.2. The summed E-state index contributed by atoms with van der Waals surface area (Å²) in [6.07, 6.45) is 3.59. The van der Waals surface area contributed by atoms with Crippen molar-refractivity contribution in [1.29, 1.82) is 0 Å². The molecule has 1 aliphatic heterocycles. The Morgan fingerprint density at radius 3 is 2.67 bits per heavy atom. The Balaban J connectivity index is 2.33. The van der Waals surface area contributed by atoms with Crippen LogP contribution in [0.5, 0.6) is 0 Å². The molecule has 0 saturated carbocycles. The van der Waals surface area contributed by atoms with Crippen LogP contribution in [0.3, 0.4) is 0 Å². The number of aliphatic carboxylic acids is 1. The quantitative estimate of drug-likeness (QED) is 0.615. The van der Waals surface area contributed by atoms with E-state index in [9.17, 15) is 14.7 Å². The molecule has 6 nitrogen and oxygen atoms in total. The number of β-amino-alcohol motifs (C(OH)–C–C–N with tert-alkyl or cyclic N) is 1. The van der Waals surface area contributed by atoms with Gasteiger partial charge in [0.05, 0.1) is 6.10 Å². The molecule has 0 aromatic carbocycles. The highest BCUT2D eigenvalue weighted by Gasteiger charge is 2.38. The van der Waals surface area contributed by atoms with Crippen molar-refractivity contribution in [2.75, 3.05) is 13.1 Å². The topological polar surface area (TPSA) is 89.9 Å². The summed E-state index contributed by atoms with van der Waals surface area (Å²) in [6, 6.07) is -1.30. The highest BCUT2D eigenvalue weighted by atomic mass is 16.4. The molecule has 0 unspecified atom stereocenters. The lowest BCUT2D eigenvalue weighted by Gasteiger charge is -2.21. The summed E-state index contributed by atoms with van der Waals surface area (Å²) in [5.74, 6) is -1.06. The number of aliphatic hydroxyl groups excluding tert-OH is 1. The number of unbranched alkanes of at least 4 members (excludes halogenated alkanes) is 3. The number of carboxylic acid groups (broad SMARTS) is 1. The molecule has 1 aliphatic rings. The van der Waals surface area contributed by atoms with E-state index in [1.807, 2.05) is 0 Å². The van der Waals surface area contributed by atoms with Gasteiger partial charge in [0.1, 0.15) is 6.04 Å². The highest BCUT2D eigenvalue weighted by molar-refractivity contribution is 5.83. The van der Waals surface area contributed by atoms with Crippen LogP contribution in [0.2, 0.25) is 0 Å². The van der Waals surface area contributed by atoms with E-state index in [0.29, 0.717) is 6.54 Å². The third-order valence-electron chi connectivity index (χ3n) is 3.13. The predicted octanol–water partition coefficient (Wildman–Crippen LogP) is 0.796. The van der Waals surface area contributed by atoms with Crippen molar-refractivity contribution < 1.29 is 19.8 Å². The minimum atomic E-state index is -1.06. The van der Waals surface area contributed by atoms with Crippen molar-refractivity contribution >= 4 is 12.0 Å². The Bertz CT molecular complexity index is 296. The van der Waals surface area contributed by atoms with Gasteiger partial charge in [0, 0.05) is 19.5 Å². The number of carbonyl (C=O) groups is 2. The monoisotopic (exact) mass is 258 g/mol. The summed E-state index contributed by atoms with van der Waals surface area (Å²) in [6.45, 7) is 2.76. The van der Waals surface area contributed by atoms with Crippen LogP contribution < -0.4 is 5.32 Å². The van der Waals surface area contributed by atoms with Gasteiger partial charge < -0.3 is 20.4 Å². The Kier molecular flexibility index (Phi) is 5.91. The average molecular weight is 258 g/mol. The first-order valence-electron chi connectivity index (χ1n) is 6.51. The lowest BCUT2D eigenvalue weighted by Crippen LogP contribution is -2.46. The number of nitrogens with zero attached hydrogens (tertiary/aromatic N) is 1. The number of carbonyl (C=O) groups excluding carboxylic acids is 1. The first kappa shape index (κ1) is 14.8. The number of amides is 2. The van der Waals surface area contributed by atoms with Crippen molar-refractivity contribution in [1.82, 2.24) is 10.2 Å². The normalized spacial score (nSPS) is 23.1. The van der Waals surface area contributed by atoms with Crippen molar-refractivity contribution in [3.63, 3.8) is 0 Å². The first-order chi connectivity index (χ1) is 8.56. The van der Waals surface area contributed by atoms with Crippen LogP contribution in [-0.4, -0.2) is 52.3 Å². The van der Waals surface area contributed by atoms with E-state index in [0.717, 1.165) is 25.7 Å². The van der Waals surface area contributed by atoms with Gasteiger partial charge in [0.2, 0.25) is 0 Å². The molecule has 1 rings (SSSR count). The van der Waals surface area contributed by atoms with Gasteiger partial charge in [-0.25, -0.2) is 9.59 Å². The molecule has 0 bridgehead atoms. The molecule has 3 N–H and O–H groups in total. The van der Waals surface area contributed by atoms with Crippen molar-refractivity contribution in [3.05, 3.63) is 0 Å². The van der Waals surface area contributed by atoms with E-state index < -0.39 is 24.1 Å². The van der Waals surface area contributed by atoms with Crippen LogP contribution in [0.4, 0.5) is 4.79 Å². The number of likely N-dealkylation sites (tertiary alicyclic amines) is 1. The Morgan fingerprint density at radius 2 is 2.06 bits per heavy atom. The Morgan fingerprint density at radius 1 is 1.33 bits per heavy atom. The van der Waals surface area contributed by atoms with E-state index >= 15 is 0 Å². The number of rotatable bonds is 6. The summed E-state index contributed by atoms with van der Waals surface area (Å²) in [5, 5.41) is 21.1. The fourth-order valence-electron chi connectivity index (χ4n) is 2.12. The number of nitrogens with one attached hydrogen (secondary N) is 1. The molecular weight excluding hydrogens is 236 g/mol. The van der Waals surface area contributed by atoms with E-state index in [4.69, 9.17) is 5.11 Å². The maximum absolute atomic E-state index is 11.8. The number of carboxylic acids is 1. The summed E-state index contributed by atoms with van der Waals surface area (Å²) >= 11 is 0. The number of hydrogen-bond acceptors (Lipinski definition) is 3. The summed E-state index contributed by atoms with van der Waals surface area (Å²) in [4.78, 5) is 23.9. The molecule has 0 aromatic rings. The molecule has 6 heteroatoms. The molecule has 0 aliphatic carbocycles.